The molecule has 23 heavy (non-hydrogen) atoms. The Labute approximate surface area is 138 Å². The summed E-state index contributed by atoms with van der Waals surface area (Å²) in [5, 5.41) is 5.63. The van der Waals surface area contributed by atoms with E-state index >= 15 is 0 Å². The number of anilines is 1. The lowest BCUT2D eigenvalue weighted by atomic mass is 10.1. The van der Waals surface area contributed by atoms with E-state index in [-0.39, 0.29) is 22.7 Å². The summed E-state index contributed by atoms with van der Waals surface area (Å²) in [6.07, 6.45) is 0.788. The molecule has 0 aliphatic carbocycles. The summed E-state index contributed by atoms with van der Waals surface area (Å²) < 4.78 is 13.7. The number of benzene rings is 2. The number of carbonyl (C=O) groups excluding carboxylic acids is 2. The van der Waals surface area contributed by atoms with Crippen molar-refractivity contribution in [3.05, 3.63) is 64.4 Å². The number of hydrogen-bond acceptors (Lipinski definition) is 2. The van der Waals surface area contributed by atoms with E-state index in [4.69, 9.17) is 11.6 Å². The molecule has 0 saturated heterocycles. The summed E-state index contributed by atoms with van der Waals surface area (Å²) in [6.45, 7) is 2.45. The summed E-state index contributed by atoms with van der Waals surface area (Å²) in [5.74, 6) is -1.61. The van der Waals surface area contributed by atoms with Crippen LogP contribution in [0.25, 0.3) is 0 Å². The van der Waals surface area contributed by atoms with Crippen LogP contribution in [-0.2, 0) is 0 Å². The largest absolute Gasteiger partial charge is 0.352 e. The second kappa shape index (κ2) is 7.74. The van der Waals surface area contributed by atoms with Crippen LogP contribution >= 0.6 is 11.6 Å². The van der Waals surface area contributed by atoms with E-state index in [0.717, 1.165) is 6.42 Å². The molecule has 2 N–H and O–H groups in total. The molecule has 2 rings (SSSR count). The van der Waals surface area contributed by atoms with Gasteiger partial charge in [-0.3, -0.25) is 9.59 Å². The van der Waals surface area contributed by atoms with Gasteiger partial charge in [-0.2, -0.15) is 0 Å². The van der Waals surface area contributed by atoms with Gasteiger partial charge in [0.1, 0.15) is 5.82 Å². The van der Waals surface area contributed by atoms with Crippen molar-refractivity contribution in [3.8, 4) is 0 Å². The molecule has 4 nitrogen and oxygen atoms in total. The molecule has 0 radical (unpaired) electrons. The number of halogens is 2. The van der Waals surface area contributed by atoms with Gasteiger partial charge < -0.3 is 10.6 Å². The lowest BCUT2D eigenvalue weighted by Crippen LogP contribution is -2.26. The first-order valence-electron chi connectivity index (χ1n) is 7.16. The van der Waals surface area contributed by atoms with E-state index in [1.807, 2.05) is 6.92 Å². The fourth-order valence-electron chi connectivity index (χ4n) is 1.99. The summed E-state index contributed by atoms with van der Waals surface area (Å²) >= 11 is 5.93. The first-order chi connectivity index (χ1) is 11.0. The van der Waals surface area contributed by atoms with Gasteiger partial charge in [0.2, 0.25) is 0 Å². The molecule has 0 aromatic heterocycles. The molecule has 0 heterocycles. The summed E-state index contributed by atoms with van der Waals surface area (Å²) in [4.78, 5) is 24.4. The third kappa shape index (κ3) is 4.29. The molecule has 0 atom stereocenters. The smallest absolute Gasteiger partial charge is 0.258 e. The molecule has 0 spiro atoms. The third-order valence-corrected chi connectivity index (χ3v) is 3.36. The van der Waals surface area contributed by atoms with Crippen LogP contribution in [0.2, 0.25) is 5.02 Å². The van der Waals surface area contributed by atoms with Crippen LogP contribution in [0.3, 0.4) is 0 Å². The quantitative estimate of drug-likeness (QED) is 0.872. The van der Waals surface area contributed by atoms with Gasteiger partial charge in [0, 0.05) is 11.6 Å². The van der Waals surface area contributed by atoms with Gasteiger partial charge in [0.05, 0.1) is 16.8 Å². The Morgan fingerprint density at radius 3 is 2.52 bits per heavy atom. The van der Waals surface area contributed by atoms with Gasteiger partial charge in [-0.25, -0.2) is 4.39 Å². The number of rotatable bonds is 5. The Morgan fingerprint density at radius 2 is 1.83 bits per heavy atom. The highest BCUT2D eigenvalue weighted by atomic mass is 35.5. The average Bonchev–Trinajstić information content (AvgIpc) is 2.53. The van der Waals surface area contributed by atoms with Crippen LogP contribution in [0, 0.1) is 5.82 Å². The van der Waals surface area contributed by atoms with Crippen molar-refractivity contribution in [2.24, 2.45) is 0 Å². The van der Waals surface area contributed by atoms with Crippen molar-refractivity contribution in [2.45, 2.75) is 13.3 Å². The van der Waals surface area contributed by atoms with E-state index in [0.29, 0.717) is 11.6 Å². The van der Waals surface area contributed by atoms with Gasteiger partial charge in [0.15, 0.2) is 0 Å². The highest BCUT2D eigenvalue weighted by molar-refractivity contribution is 6.31. The second-order valence-electron chi connectivity index (χ2n) is 4.88. The number of amides is 2. The van der Waals surface area contributed by atoms with Gasteiger partial charge in [-0.1, -0.05) is 30.7 Å². The zero-order valence-corrected chi connectivity index (χ0v) is 13.3. The fourth-order valence-corrected chi connectivity index (χ4v) is 2.16. The normalized spacial score (nSPS) is 10.2. The molecule has 2 aromatic rings. The number of nitrogens with one attached hydrogen (secondary N) is 2. The summed E-state index contributed by atoms with van der Waals surface area (Å²) in [7, 11) is 0. The Bertz CT molecular complexity index is 734. The Kier molecular flexibility index (Phi) is 5.71. The Balaban J connectivity index is 2.28. The van der Waals surface area contributed by atoms with Crippen LogP contribution in [0.15, 0.2) is 42.5 Å². The molecule has 120 valence electrons. The predicted molar refractivity (Wildman–Crippen MR) is 88.4 cm³/mol. The SMILES string of the molecule is CCCNC(=O)c1ccc(Cl)cc1NC(=O)c1ccccc1F. The van der Waals surface area contributed by atoms with Gasteiger partial charge in [-0.15, -0.1) is 0 Å². The van der Waals surface area contributed by atoms with E-state index in [2.05, 4.69) is 10.6 Å². The molecule has 0 aliphatic rings. The van der Waals surface area contributed by atoms with Crippen LogP contribution in [0.1, 0.15) is 34.1 Å². The first kappa shape index (κ1) is 17.0. The van der Waals surface area contributed by atoms with Crippen molar-refractivity contribution >= 4 is 29.1 Å². The topological polar surface area (TPSA) is 58.2 Å². The monoisotopic (exact) mass is 334 g/mol. The predicted octanol–water partition coefficient (Wildman–Crippen LogP) is 3.87. The van der Waals surface area contributed by atoms with Gasteiger partial charge >= 0.3 is 0 Å². The lowest BCUT2D eigenvalue weighted by Gasteiger charge is -2.12. The maximum absolute atomic E-state index is 13.7. The van der Waals surface area contributed by atoms with Crippen LogP contribution in [0.5, 0.6) is 0 Å². The second-order valence-corrected chi connectivity index (χ2v) is 5.32. The molecule has 2 amide bonds. The van der Waals surface area contributed by atoms with Crippen LogP contribution in [0.4, 0.5) is 10.1 Å². The lowest BCUT2D eigenvalue weighted by molar-refractivity contribution is 0.0954. The zero-order chi connectivity index (χ0) is 16.8. The zero-order valence-electron chi connectivity index (χ0n) is 12.5. The van der Waals surface area contributed by atoms with Crippen molar-refractivity contribution in [3.63, 3.8) is 0 Å². The Hall–Kier alpha value is -2.40. The maximum atomic E-state index is 13.7. The fraction of sp³-hybridized carbons (Fsp3) is 0.176. The minimum atomic E-state index is -0.644. The highest BCUT2D eigenvalue weighted by Gasteiger charge is 2.16. The van der Waals surface area contributed by atoms with Crippen LogP contribution in [-0.4, -0.2) is 18.4 Å². The Morgan fingerprint density at radius 1 is 1.09 bits per heavy atom. The summed E-state index contributed by atoms with van der Waals surface area (Å²) in [5.41, 5.74) is 0.402. The molecule has 0 unspecified atom stereocenters. The van der Waals surface area contributed by atoms with E-state index < -0.39 is 11.7 Å². The number of carbonyl (C=O) groups is 2. The minimum absolute atomic E-state index is 0.104. The van der Waals surface area contributed by atoms with Crippen molar-refractivity contribution in [1.29, 1.82) is 0 Å². The molecule has 2 aromatic carbocycles. The standard InChI is InChI=1S/C17H16ClFN2O2/c1-2-9-20-16(22)13-8-7-11(18)10-15(13)21-17(23)12-5-3-4-6-14(12)19/h3-8,10H,2,9H2,1H3,(H,20,22)(H,21,23). The van der Waals surface area contributed by atoms with E-state index in [9.17, 15) is 14.0 Å². The van der Waals surface area contributed by atoms with Crippen LogP contribution < -0.4 is 10.6 Å². The van der Waals surface area contributed by atoms with Gasteiger partial charge in [0.25, 0.3) is 11.8 Å². The number of hydrogen-bond donors (Lipinski definition) is 2. The van der Waals surface area contributed by atoms with Crippen molar-refractivity contribution in [1.82, 2.24) is 5.32 Å². The minimum Gasteiger partial charge on any atom is -0.352 e. The van der Waals surface area contributed by atoms with E-state index in [1.54, 1.807) is 12.1 Å². The highest BCUT2D eigenvalue weighted by Crippen LogP contribution is 2.22. The third-order valence-electron chi connectivity index (χ3n) is 3.13. The van der Waals surface area contributed by atoms with Crippen molar-refractivity contribution < 1.29 is 14.0 Å². The molecular formula is C17H16ClFN2O2. The molecular weight excluding hydrogens is 319 g/mol. The van der Waals surface area contributed by atoms with Crippen molar-refractivity contribution in [2.75, 3.05) is 11.9 Å². The first-order valence-corrected chi connectivity index (χ1v) is 7.54. The average molecular weight is 335 g/mol. The summed E-state index contributed by atoms with van der Waals surface area (Å²) in [6, 6.07) is 10.2. The molecule has 0 bridgehead atoms. The maximum Gasteiger partial charge on any atom is 0.258 e. The molecule has 0 fully saturated rings. The van der Waals surface area contributed by atoms with E-state index in [1.165, 1.54) is 30.3 Å². The van der Waals surface area contributed by atoms with Gasteiger partial charge in [-0.05, 0) is 36.8 Å². The molecule has 0 aliphatic heterocycles. The molecule has 6 heteroatoms. The molecule has 0 saturated carbocycles.